The Bertz CT molecular complexity index is 1320. The molecule has 2 aliphatic rings. The normalized spacial score (nSPS) is 26.0. The van der Waals surface area contributed by atoms with Gasteiger partial charge in [0.2, 0.25) is 0 Å². The quantitative estimate of drug-likeness (QED) is 0.0173. The topological polar surface area (TPSA) is 214 Å². The van der Waals surface area contributed by atoms with Crippen molar-refractivity contribution in [3.63, 3.8) is 0 Å². The molecule has 2 fully saturated rings. The minimum Gasteiger partial charge on any atom is -0.457 e. The van der Waals surface area contributed by atoms with Crippen LogP contribution in [0, 0.1) is 0 Å². The Morgan fingerprint density at radius 3 is 1.43 bits per heavy atom. The van der Waals surface area contributed by atoms with Crippen molar-refractivity contribution in [2.45, 2.75) is 261 Å². The summed E-state index contributed by atoms with van der Waals surface area (Å²) in [5.41, 5.74) is 0. The van der Waals surface area contributed by atoms with E-state index >= 15 is 0 Å². The monoisotopic (exact) mass is 983 g/mol. The zero-order chi connectivity index (χ0) is 50.2. The van der Waals surface area contributed by atoms with E-state index in [0.717, 1.165) is 77.0 Å². The lowest BCUT2D eigenvalue weighted by Crippen LogP contribution is -2.61. The highest BCUT2D eigenvalue weighted by atomic mass is 16.7. The van der Waals surface area contributed by atoms with Gasteiger partial charge in [-0.3, -0.25) is 4.79 Å². The third-order valence-corrected chi connectivity index (χ3v) is 12.8. The molecular formula is C55H98O14. The fourth-order valence-corrected chi connectivity index (χ4v) is 8.34. The van der Waals surface area contributed by atoms with E-state index in [9.17, 15) is 40.5 Å². The molecule has 0 spiro atoms. The molecule has 402 valence electrons. The molecule has 0 aliphatic carbocycles. The third-order valence-electron chi connectivity index (χ3n) is 12.8. The first-order valence-corrected chi connectivity index (χ1v) is 27.2. The molecular weight excluding hydrogens is 885 g/mol. The molecule has 7 N–H and O–H groups in total. The summed E-state index contributed by atoms with van der Waals surface area (Å²) in [5.74, 6) is -0.391. The van der Waals surface area contributed by atoms with Crippen LogP contribution >= 0.6 is 0 Å². The van der Waals surface area contributed by atoms with Crippen LogP contribution in [0.1, 0.15) is 194 Å². The predicted octanol–water partition coefficient (Wildman–Crippen LogP) is 8.74. The van der Waals surface area contributed by atoms with E-state index in [1.54, 1.807) is 0 Å². The van der Waals surface area contributed by atoms with E-state index in [-0.39, 0.29) is 19.6 Å². The molecule has 11 atom stereocenters. The van der Waals surface area contributed by atoms with Gasteiger partial charge in [0.15, 0.2) is 12.6 Å². The maximum absolute atomic E-state index is 13.0. The van der Waals surface area contributed by atoms with Crippen molar-refractivity contribution in [1.82, 2.24) is 0 Å². The van der Waals surface area contributed by atoms with Crippen LogP contribution in [0.4, 0.5) is 0 Å². The average molecular weight is 983 g/mol. The minimum atomic E-state index is -1.71. The van der Waals surface area contributed by atoms with E-state index in [2.05, 4.69) is 62.5 Å². The molecule has 11 unspecified atom stereocenters. The van der Waals surface area contributed by atoms with Crippen LogP contribution in [-0.4, -0.2) is 142 Å². The first-order chi connectivity index (χ1) is 33.6. The zero-order valence-electron chi connectivity index (χ0n) is 42.8. The number of carbonyl (C=O) groups is 1. The number of aliphatic hydroxyl groups is 7. The molecule has 0 saturated carbocycles. The second kappa shape index (κ2) is 42.5. The number of unbranched alkanes of at least 4 members (excludes halogenated alkanes) is 21. The van der Waals surface area contributed by atoms with Gasteiger partial charge < -0.3 is 64.2 Å². The number of rotatable bonds is 43. The van der Waals surface area contributed by atoms with Crippen molar-refractivity contribution in [3.05, 3.63) is 48.6 Å². The lowest BCUT2D eigenvalue weighted by molar-refractivity contribution is -0.332. The molecule has 0 radical (unpaired) electrons. The van der Waals surface area contributed by atoms with Gasteiger partial charge in [-0.15, -0.1) is 0 Å². The second-order valence-corrected chi connectivity index (χ2v) is 19.0. The molecule has 14 nitrogen and oxygen atoms in total. The van der Waals surface area contributed by atoms with Crippen LogP contribution in [0.2, 0.25) is 0 Å². The molecule has 0 amide bonds. The van der Waals surface area contributed by atoms with Gasteiger partial charge in [0.05, 0.1) is 26.4 Å². The third kappa shape index (κ3) is 29.9. The number of hydrogen-bond acceptors (Lipinski definition) is 14. The molecule has 0 bridgehead atoms. The Kier molecular flexibility index (Phi) is 38.8. The number of esters is 1. The second-order valence-electron chi connectivity index (χ2n) is 19.0. The van der Waals surface area contributed by atoms with Crippen molar-refractivity contribution in [2.75, 3.05) is 33.0 Å². The first kappa shape index (κ1) is 63.1. The number of aliphatic hydroxyl groups excluding tert-OH is 7. The summed E-state index contributed by atoms with van der Waals surface area (Å²) >= 11 is 0. The van der Waals surface area contributed by atoms with Gasteiger partial charge in [-0.25, -0.2) is 0 Å². The van der Waals surface area contributed by atoms with Crippen molar-refractivity contribution >= 4 is 5.97 Å². The lowest BCUT2D eigenvalue weighted by atomic mass is 9.98. The van der Waals surface area contributed by atoms with Crippen LogP contribution in [0.15, 0.2) is 48.6 Å². The summed E-state index contributed by atoms with van der Waals surface area (Å²) in [7, 11) is 0. The van der Waals surface area contributed by atoms with Gasteiger partial charge in [-0.2, -0.15) is 0 Å². The molecule has 0 aromatic carbocycles. The summed E-state index contributed by atoms with van der Waals surface area (Å²) in [6.07, 6.45) is 33.1. The van der Waals surface area contributed by atoms with Crippen molar-refractivity contribution in [3.8, 4) is 0 Å². The summed E-state index contributed by atoms with van der Waals surface area (Å²) in [6, 6.07) is 0. The Balaban J connectivity index is 1.75. The molecule has 69 heavy (non-hydrogen) atoms. The van der Waals surface area contributed by atoms with Gasteiger partial charge in [0.25, 0.3) is 0 Å². The fraction of sp³-hybridized carbons (Fsp3) is 0.836. The van der Waals surface area contributed by atoms with Gasteiger partial charge in [0.1, 0.15) is 54.9 Å². The van der Waals surface area contributed by atoms with E-state index in [4.69, 9.17) is 28.4 Å². The van der Waals surface area contributed by atoms with Crippen molar-refractivity contribution in [2.24, 2.45) is 0 Å². The van der Waals surface area contributed by atoms with Crippen molar-refractivity contribution in [1.29, 1.82) is 0 Å². The van der Waals surface area contributed by atoms with E-state index in [1.807, 2.05) is 0 Å². The standard InChI is InChI=1S/C55H98O14/c1-3-5-7-9-11-13-15-17-19-20-21-22-23-24-25-26-28-30-32-34-36-38-47(57)67-44(41-64-39-37-35-33-31-29-27-18-16-14-12-10-8-6-4-2)42-65-54-53(63)51(61)49(59)46(69-54)43-66-55-52(62)50(60)48(58)45(40-56)68-55/h14-17,20-21,23-24,44-46,48-56,58-63H,3-13,18-19,22,25-43H2,1-2H3/b16-14-,17-15-,21-20-,24-23-. The maximum atomic E-state index is 13.0. The fourth-order valence-electron chi connectivity index (χ4n) is 8.34. The zero-order valence-corrected chi connectivity index (χ0v) is 42.8. The van der Waals surface area contributed by atoms with Gasteiger partial charge in [-0.05, 0) is 77.0 Å². The SMILES string of the molecule is CCCCCC/C=C\CCCCCCCCOCC(COC1OC(COC2OC(CO)C(O)C(O)C2O)C(O)C(O)C1O)OC(=O)CCCCCCCC/C=C\C/C=C\C/C=C\CCCCCCC. The largest absolute Gasteiger partial charge is 0.457 e. The molecule has 2 saturated heterocycles. The van der Waals surface area contributed by atoms with E-state index < -0.39 is 86.7 Å². The summed E-state index contributed by atoms with van der Waals surface area (Å²) < 4.78 is 34.3. The highest BCUT2D eigenvalue weighted by molar-refractivity contribution is 5.69. The van der Waals surface area contributed by atoms with Crippen LogP contribution < -0.4 is 0 Å². The summed E-state index contributed by atoms with van der Waals surface area (Å²) in [6.45, 7) is 3.63. The van der Waals surface area contributed by atoms with Gasteiger partial charge in [-0.1, -0.05) is 159 Å². The van der Waals surface area contributed by atoms with E-state index in [0.29, 0.717) is 13.0 Å². The van der Waals surface area contributed by atoms with Gasteiger partial charge >= 0.3 is 5.97 Å². The highest BCUT2D eigenvalue weighted by Gasteiger charge is 2.47. The number of hydrogen-bond donors (Lipinski definition) is 7. The average Bonchev–Trinajstić information content (AvgIpc) is 3.35. The summed E-state index contributed by atoms with van der Waals surface area (Å²) in [4.78, 5) is 13.0. The van der Waals surface area contributed by atoms with Crippen LogP contribution in [0.3, 0.4) is 0 Å². The van der Waals surface area contributed by atoms with Crippen LogP contribution in [-0.2, 0) is 33.2 Å². The smallest absolute Gasteiger partial charge is 0.306 e. The van der Waals surface area contributed by atoms with Crippen LogP contribution in [0.25, 0.3) is 0 Å². The predicted molar refractivity (Wildman–Crippen MR) is 270 cm³/mol. The maximum Gasteiger partial charge on any atom is 0.306 e. The first-order valence-electron chi connectivity index (χ1n) is 27.2. The highest BCUT2D eigenvalue weighted by Crippen LogP contribution is 2.26. The Labute approximate surface area is 416 Å². The minimum absolute atomic E-state index is 0.0511. The van der Waals surface area contributed by atoms with E-state index in [1.165, 1.54) is 89.9 Å². The number of ether oxygens (including phenoxy) is 6. The molecule has 0 aromatic rings. The molecule has 14 heteroatoms. The Hall–Kier alpha value is -2.05. The van der Waals surface area contributed by atoms with Crippen molar-refractivity contribution < 1.29 is 69.0 Å². The molecule has 2 heterocycles. The molecule has 2 aliphatic heterocycles. The molecule has 0 aromatic heterocycles. The summed E-state index contributed by atoms with van der Waals surface area (Å²) in [5, 5.41) is 72.2. The molecule has 2 rings (SSSR count). The Morgan fingerprint density at radius 1 is 0.478 bits per heavy atom. The van der Waals surface area contributed by atoms with Crippen LogP contribution in [0.5, 0.6) is 0 Å². The lowest BCUT2D eigenvalue weighted by Gasteiger charge is -2.42. The Morgan fingerprint density at radius 2 is 0.899 bits per heavy atom. The number of carbonyl (C=O) groups excluding carboxylic acids is 1. The van der Waals surface area contributed by atoms with Gasteiger partial charge in [0, 0.05) is 13.0 Å². The number of allylic oxidation sites excluding steroid dienone is 8.